The molecule has 0 amide bonds. The van der Waals surface area contributed by atoms with Gasteiger partial charge in [-0.15, -0.1) is 6.58 Å². The first-order chi connectivity index (χ1) is 4.66. The van der Waals surface area contributed by atoms with E-state index >= 15 is 0 Å². The molecule has 0 aromatic heterocycles. The molecule has 0 saturated carbocycles. The Kier molecular flexibility index (Phi) is 4.95. The van der Waals surface area contributed by atoms with Crippen LogP contribution in [0.3, 0.4) is 0 Å². The Hall–Kier alpha value is -0.560. The first-order valence-corrected chi connectivity index (χ1v) is 3.57. The van der Waals surface area contributed by atoms with Gasteiger partial charge in [0, 0.05) is 0 Å². The van der Waals surface area contributed by atoms with E-state index in [0.717, 1.165) is 18.4 Å². The molecule has 0 aliphatic rings. The van der Waals surface area contributed by atoms with E-state index < -0.39 is 0 Å². The summed E-state index contributed by atoms with van der Waals surface area (Å²) in [5.41, 5.74) is 2.24. The minimum Gasteiger partial charge on any atom is -0.392 e. The molecule has 0 bridgehead atoms. The molecule has 0 spiro atoms. The minimum atomic E-state index is 0.177. The molecule has 1 heteroatoms. The van der Waals surface area contributed by atoms with Gasteiger partial charge in [0.2, 0.25) is 0 Å². The predicted molar refractivity (Wildman–Crippen MR) is 44.9 cm³/mol. The van der Waals surface area contributed by atoms with Crippen LogP contribution in [-0.2, 0) is 0 Å². The Morgan fingerprint density at radius 3 is 2.50 bits per heavy atom. The van der Waals surface area contributed by atoms with Gasteiger partial charge >= 0.3 is 0 Å². The van der Waals surface area contributed by atoms with E-state index in [-0.39, 0.29) is 6.61 Å². The molecule has 0 unspecified atom stereocenters. The lowest BCUT2D eigenvalue weighted by Crippen LogP contribution is -1.83. The van der Waals surface area contributed by atoms with Crippen molar-refractivity contribution in [3.8, 4) is 0 Å². The monoisotopic (exact) mass is 140 g/mol. The molecule has 0 atom stereocenters. The lowest BCUT2D eigenvalue weighted by atomic mass is 10.1. The van der Waals surface area contributed by atoms with Gasteiger partial charge in [-0.25, -0.2) is 0 Å². The third kappa shape index (κ3) is 5.57. The summed E-state index contributed by atoms with van der Waals surface area (Å²) in [4.78, 5) is 0. The van der Waals surface area contributed by atoms with Crippen molar-refractivity contribution in [3.05, 3.63) is 23.8 Å². The summed E-state index contributed by atoms with van der Waals surface area (Å²) in [6.07, 6.45) is 4.08. The fraction of sp³-hybridized carbons (Fsp3) is 0.556. The molecule has 0 aliphatic heterocycles. The highest BCUT2D eigenvalue weighted by Gasteiger charge is 1.85. The van der Waals surface area contributed by atoms with Crippen molar-refractivity contribution in [1.82, 2.24) is 0 Å². The highest BCUT2D eigenvalue weighted by molar-refractivity contribution is 5.00. The van der Waals surface area contributed by atoms with Gasteiger partial charge in [-0.2, -0.15) is 0 Å². The smallest absolute Gasteiger partial charge is 0.0639 e. The molecular weight excluding hydrogens is 124 g/mol. The number of allylic oxidation sites excluding steroid dienone is 2. The maximum Gasteiger partial charge on any atom is 0.0639 e. The van der Waals surface area contributed by atoms with E-state index in [1.807, 2.05) is 13.8 Å². The third-order valence-corrected chi connectivity index (χ3v) is 1.31. The van der Waals surface area contributed by atoms with Crippen molar-refractivity contribution >= 4 is 0 Å². The van der Waals surface area contributed by atoms with E-state index in [0.29, 0.717) is 0 Å². The molecule has 58 valence electrons. The van der Waals surface area contributed by atoms with Crippen LogP contribution in [0.25, 0.3) is 0 Å². The van der Waals surface area contributed by atoms with Crippen molar-refractivity contribution in [1.29, 1.82) is 0 Å². The molecule has 0 fully saturated rings. The average Bonchev–Trinajstić information content (AvgIpc) is 1.87. The second-order valence-corrected chi connectivity index (χ2v) is 2.70. The highest BCUT2D eigenvalue weighted by Crippen LogP contribution is 2.03. The van der Waals surface area contributed by atoms with Crippen LogP contribution < -0.4 is 0 Å². The van der Waals surface area contributed by atoms with Crippen LogP contribution in [0.1, 0.15) is 26.7 Å². The molecule has 0 saturated heterocycles. The molecule has 0 aromatic rings. The van der Waals surface area contributed by atoms with Crippen molar-refractivity contribution in [2.24, 2.45) is 0 Å². The lowest BCUT2D eigenvalue weighted by molar-refractivity contribution is 0.331. The molecule has 0 aromatic carbocycles. The summed E-state index contributed by atoms with van der Waals surface area (Å²) >= 11 is 0. The minimum absolute atomic E-state index is 0.177. The number of aliphatic hydroxyl groups is 1. The Morgan fingerprint density at radius 2 is 2.10 bits per heavy atom. The number of aliphatic hydroxyl groups excluding tert-OH is 1. The van der Waals surface area contributed by atoms with E-state index in [9.17, 15) is 0 Å². The van der Waals surface area contributed by atoms with E-state index in [1.165, 1.54) is 5.57 Å². The van der Waals surface area contributed by atoms with E-state index in [1.54, 1.807) is 0 Å². The van der Waals surface area contributed by atoms with Crippen molar-refractivity contribution < 1.29 is 5.11 Å². The average molecular weight is 140 g/mol. The summed E-state index contributed by atoms with van der Waals surface area (Å²) in [7, 11) is 0. The summed E-state index contributed by atoms with van der Waals surface area (Å²) in [6, 6.07) is 0. The first kappa shape index (κ1) is 9.44. The van der Waals surface area contributed by atoms with Crippen LogP contribution >= 0.6 is 0 Å². The zero-order chi connectivity index (χ0) is 7.98. The van der Waals surface area contributed by atoms with Gasteiger partial charge in [0.15, 0.2) is 0 Å². The molecular formula is C9H16O. The van der Waals surface area contributed by atoms with Crippen molar-refractivity contribution in [3.63, 3.8) is 0 Å². The van der Waals surface area contributed by atoms with Gasteiger partial charge in [-0.05, 0) is 26.7 Å². The molecule has 0 aliphatic carbocycles. The summed E-state index contributed by atoms with van der Waals surface area (Å²) < 4.78 is 0. The normalized spacial score (nSPS) is 11.7. The van der Waals surface area contributed by atoms with Crippen LogP contribution in [0.15, 0.2) is 23.8 Å². The fourth-order valence-electron chi connectivity index (χ4n) is 0.630. The molecule has 1 N–H and O–H groups in total. The zero-order valence-corrected chi connectivity index (χ0v) is 6.85. The van der Waals surface area contributed by atoms with Crippen LogP contribution in [0.4, 0.5) is 0 Å². The zero-order valence-electron chi connectivity index (χ0n) is 6.85. The first-order valence-electron chi connectivity index (χ1n) is 3.57. The van der Waals surface area contributed by atoms with Gasteiger partial charge < -0.3 is 5.11 Å². The van der Waals surface area contributed by atoms with Gasteiger partial charge in [0.1, 0.15) is 0 Å². The predicted octanol–water partition coefficient (Wildman–Crippen LogP) is 2.28. The van der Waals surface area contributed by atoms with Crippen LogP contribution in [0.5, 0.6) is 0 Å². The van der Waals surface area contributed by atoms with Crippen molar-refractivity contribution in [2.45, 2.75) is 26.7 Å². The summed E-state index contributed by atoms with van der Waals surface area (Å²) in [5.74, 6) is 0. The largest absolute Gasteiger partial charge is 0.392 e. The van der Waals surface area contributed by atoms with Gasteiger partial charge in [-0.1, -0.05) is 17.2 Å². The second kappa shape index (κ2) is 5.24. The van der Waals surface area contributed by atoms with Crippen LogP contribution in [0, 0.1) is 0 Å². The second-order valence-electron chi connectivity index (χ2n) is 2.70. The highest BCUT2D eigenvalue weighted by atomic mass is 16.3. The lowest BCUT2D eigenvalue weighted by Gasteiger charge is -1.95. The van der Waals surface area contributed by atoms with Gasteiger partial charge in [0.05, 0.1) is 6.61 Å². The maximum absolute atomic E-state index is 8.61. The molecule has 1 nitrogen and oxygen atoms in total. The van der Waals surface area contributed by atoms with Crippen molar-refractivity contribution in [2.75, 3.05) is 6.61 Å². The Labute approximate surface area is 63.1 Å². The number of hydrogen-bond donors (Lipinski definition) is 1. The standard InChI is InChI=1S/C9H16O/c1-8(2)5-4-6-9(3)7-10/h6,10H,1,4-5,7H2,2-3H3/b9-6+. The Morgan fingerprint density at radius 1 is 1.50 bits per heavy atom. The molecule has 0 heterocycles. The van der Waals surface area contributed by atoms with E-state index in [4.69, 9.17) is 5.11 Å². The quantitative estimate of drug-likeness (QED) is 0.594. The van der Waals surface area contributed by atoms with Crippen LogP contribution in [0.2, 0.25) is 0 Å². The Bertz CT molecular complexity index is 134. The molecule has 10 heavy (non-hydrogen) atoms. The Balaban J connectivity index is 3.43. The summed E-state index contributed by atoms with van der Waals surface area (Å²) in [6.45, 7) is 7.91. The topological polar surface area (TPSA) is 20.2 Å². The maximum atomic E-state index is 8.61. The SMILES string of the molecule is C=C(C)CC/C=C(\C)CO. The third-order valence-electron chi connectivity index (χ3n) is 1.31. The number of rotatable bonds is 4. The molecule has 0 rings (SSSR count). The van der Waals surface area contributed by atoms with Gasteiger partial charge in [0.25, 0.3) is 0 Å². The van der Waals surface area contributed by atoms with Gasteiger partial charge in [-0.3, -0.25) is 0 Å². The number of hydrogen-bond acceptors (Lipinski definition) is 1. The summed E-state index contributed by atoms with van der Waals surface area (Å²) in [5, 5.41) is 8.61. The molecule has 0 radical (unpaired) electrons. The van der Waals surface area contributed by atoms with Crippen LogP contribution in [-0.4, -0.2) is 11.7 Å². The van der Waals surface area contributed by atoms with E-state index in [2.05, 4.69) is 12.7 Å². The fourth-order valence-corrected chi connectivity index (χ4v) is 0.630.